The smallest absolute Gasteiger partial charge is 0.265 e. The standard InChI is InChI=1S/C22H23ClF2N2O4S/c1-32(29,30)19-5-3-15(13-16(19)20(24)25)31-11-10-27-8-6-22(7-9-27)17-12-14(23)2-4-18(17)26-21(22)28/h2-5,12-13,20H,6-11H2,1H3,(H,26,28). The summed E-state index contributed by atoms with van der Waals surface area (Å²) in [4.78, 5) is 14.5. The first-order chi connectivity index (χ1) is 15.1. The molecular weight excluding hydrogens is 462 g/mol. The number of piperidine rings is 1. The number of carbonyl (C=O) groups is 1. The van der Waals surface area contributed by atoms with Crippen molar-refractivity contribution in [3.8, 4) is 5.75 Å². The first-order valence-electron chi connectivity index (χ1n) is 10.2. The van der Waals surface area contributed by atoms with Gasteiger partial charge in [0, 0.05) is 29.1 Å². The van der Waals surface area contributed by atoms with Crippen molar-refractivity contribution in [3.05, 3.63) is 52.5 Å². The number of nitrogens with zero attached hydrogens (tertiary/aromatic N) is 1. The van der Waals surface area contributed by atoms with Crippen molar-refractivity contribution in [1.82, 2.24) is 4.90 Å². The third kappa shape index (κ3) is 4.33. The lowest BCUT2D eigenvalue weighted by atomic mass is 9.73. The Morgan fingerprint density at radius 1 is 1.19 bits per heavy atom. The molecule has 4 rings (SSSR count). The number of nitrogens with one attached hydrogen (secondary N) is 1. The van der Waals surface area contributed by atoms with Crippen LogP contribution in [-0.4, -0.2) is 51.7 Å². The minimum absolute atomic E-state index is 0.00355. The Morgan fingerprint density at radius 2 is 1.91 bits per heavy atom. The molecule has 2 aliphatic rings. The maximum absolute atomic E-state index is 13.3. The van der Waals surface area contributed by atoms with Gasteiger partial charge in [0.1, 0.15) is 12.4 Å². The summed E-state index contributed by atoms with van der Waals surface area (Å²) in [7, 11) is -3.76. The highest BCUT2D eigenvalue weighted by molar-refractivity contribution is 7.90. The minimum Gasteiger partial charge on any atom is -0.492 e. The van der Waals surface area contributed by atoms with Crippen molar-refractivity contribution < 1.29 is 26.7 Å². The molecule has 10 heteroatoms. The second kappa shape index (κ2) is 8.61. The van der Waals surface area contributed by atoms with Crippen molar-refractivity contribution in [1.29, 1.82) is 0 Å². The molecule has 6 nitrogen and oxygen atoms in total. The summed E-state index contributed by atoms with van der Waals surface area (Å²) in [5.74, 6) is 0.191. The highest BCUT2D eigenvalue weighted by Crippen LogP contribution is 2.45. The number of halogens is 3. The Morgan fingerprint density at radius 3 is 2.56 bits per heavy atom. The second-order valence-corrected chi connectivity index (χ2v) is 10.6. The van der Waals surface area contributed by atoms with Gasteiger partial charge in [-0.25, -0.2) is 17.2 Å². The third-order valence-corrected chi connectivity index (χ3v) is 7.59. The maximum Gasteiger partial charge on any atom is 0.265 e. The number of carbonyl (C=O) groups excluding carboxylic acids is 1. The van der Waals surface area contributed by atoms with E-state index < -0.39 is 32.1 Å². The van der Waals surface area contributed by atoms with E-state index in [1.54, 1.807) is 6.07 Å². The fourth-order valence-electron chi connectivity index (χ4n) is 4.46. The molecule has 32 heavy (non-hydrogen) atoms. The number of fused-ring (bicyclic) bond motifs is 2. The minimum atomic E-state index is -3.76. The molecule has 172 valence electrons. The lowest BCUT2D eigenvalue weighted by molar-refractivity contribution is -0.122. The van der Waals surface area contributed by atoms with Crippen LogP contribution in [0, 0.1) is 0 Å². The average Bonchev–Trinajstić information content (AvgIpc) is 2.99. The van der Waals surface area contributed by atoms with Crippen molar-refractivity contribution >= 4 is 33.0 Å². The molecule has 1 N–H and O–H groups in total. The Labute approximate surface area is 190 Å². The van der Waals surface area contributed by atoms with Gasteiger partial charge in [-0.2, -0.15) is 0 Å². The van der Waals surface area contributed by atoms with Crippen LogP contribution in [0.2, 0.25) is 5.02 Å². The van der Waals surface area contributed by atoms with Gasteiger partial charge in [0.15, 0.2) is 9.84 Å². The fourth-order valence-corrected chi connectivity index (χ4v) is 5.52. The average molecular weight is 485 g/mol. The number of amides is 1. The summed E-state index contributed by atoms with van der Waals surface area (Å²) >= 11 is 6.15. The topological polar surface area (TPSA) is 75.7 Å². The zero-order valence-electron chi connectivity index (χ0n) is 17.4. The largest absolute Gasteiger partial charge is 0.492 e. The van der Waals surface area contributed by atoms with Gasteiger partial charge in [0.05, 0.1) is 10.3 Å². The summed E-state index contributed by atoms with van der Waals surface area (Å²) in [5.41, 5.74) is 0.611. The molecule has 2 aromatic rings. The van der Waals surface area contributed by atoms with Crippen LogP contribution >= 0.6 is 11.6 Å². The number of ether oxygens (including phenoxy) is 1. The number of sulfone groups is 1. The predicted molar refractivity (Wildman–Crippen MR) is 117 cm³/mol. The van der Waals surface area contributed by atoms with Gasteiger partial charge in [0.25, 0.3) is 6.43 Å². The van der Waals surface area contributed by atoms with Crippen molar-refractivity contribution in [2.45, 2.75) is 29.6 Å². The van der Waals surface area contributed by atoms with Gasteiger partial charge >= 0.3 is 0 Å². The van der Waals surface area contributed by atoms with E-state index in [4.69, 9.17) is 16.3 Å². The lowest BCUT2D eigenvalue weighted by Gasteiger charge is -2.38. The number of alkyl halides is 2. The van der Waals surface area contributed by atoms with Gasteiger partial charge in [-0.15, -0.1) is 0 Å². The quantitative estimate of drug-likeness (QED) is 0.669. The summed E-state index contributed by atoms with van der Waals surface area (Å²) in [6.07, 6.45) is -0.736. The number of hydrogen-bond donors (Lipinski definition) is 1. The number of hydrogen-bond acceptors (Lipinski definition) is 5. The monoisotopic (exact) mass is 484 g/mol. The zero-order chi connectivity index (χ0) is 23.1. The molecule has 0 aliphatic carbocycles. The molecule has 0 atom stereocenters. The van der Waals surface area contributed by atoms with Crippen LogP contribution in [0.15, 0.2) is 41.3 Å². The zero-order valence-corrected chi connectivity index (χ0v) is 19.0. The molecule has 1 fully saturated rings. The molecule has 1 spiro atoms. The Bertz CT molecular complexity index is 1150. The van der Waals surface area contributed by atoms with Crippen LogP contribution in [0.3, 0.4) is 0 Å². The van der Waals surface area contributed by atoms with Crippen LogP contribution in [0.5, 0.6) is 5.75 Å². The van der Waals surface area contributed by atoms with E-state index in [1.165, 1.54) is 6.07 Å². The SMILES string of the molecule is CS(=O)(=O)c1ccc(OCCN2CCC3(CC2)C(=O)Nc2ccc(Cl)cc23)cc1C(F)F. The molecular formula is C22H23ClF2N2O4S. The summed E-state index contributed by atoms with van der Waals surface area (Å²) < 4.78 is 55.6. The van der Waals surface area contributed by atoms with E-state index in [2.05, 4.69) is 10.2 Å². The van der Waals surface area contributed by atoms with Crippen molar-refractivity contribution in [2.75, 3.05) is 37.8 Å². The number of benzene rings is 2. The van der Waals surface area contributed by atoms with E-state index in [0.29, 0.717) is 37.5 Å². The van der Waals surface area contributed by atoms with E-state index in [9.17, 15) is 22.0 Å². The second-order valence-electron chi connectivity index (χ2n) is 8.19. The third-order valence-electron chi connectivity index (χ3n) is 6.18. The number of rotatable bonds is 6. The highest BCUT2D eigenvalue weighted by Gasteiger charge is 2.48. The normalized spacial score (nSPS) is 18.1. The van der Waals surface area contributed by atoms with Crippen molar-refractivity contribution in [3.63, 3.8) is 0 Å². The fraction of sp³-hybridized carbons (Fsp3) is 0.409. The number of likely N-dealkylation sites (tertiary alicyclic amines) is 1. The Kier molecular flexibility index (Phi) is 6.17. The van der Waals surface area contributed by atoms with Gasteiger partial charge < -0.3 is 10.1 Å². The molecule has 0 unspecified atom stereocenters. The van der Waals surface area contributed by atoms with E-state index in [1.807, 2.05) is 12.1 Å². The molecule has 1 saturated heterocycles. The molecule has 1 amide bonds. The van der Waals surface area contributed by atoms with E-state index >= 15 is 0 Å². The summed E-state index contributed by atoms with van der Waals surface area (Å²) in [6.45, 7) is 2.16. The van der Waals surface area contributed by atoms with Crippen LogP contribution < -0.4 is 10.1 Å². The summed E-state index contributed by atoms with van der Waals surface area (Å²) in [6, 6.07) is 9.06. The first-order valence-corrected chi connectivity index (χ1v) is 12.5. The maximum atomic E-state index is 13.3. The Balaban J connectivity index is 1.36. The lowest BCUT2D eigenvalue weighted by Crippen LogP contribution is -2.47. The molecule has 0 bridgehead atoms. The molecule has 2 aliphatic heterocycles. The molecule has 0 saturated carbocycles. The van der Waals surface area contributed by atoms with Crippen LogP contribution in [0.4, 0.5) is 14.5 Å². The van der Waals surface area contributed by atoms with Gasteiger partial charge in [-0.1, -0.05) is 11.6 Å². The van der Waals surface area contributed by atoms with Gasteiger partial charge in [-0.05, 0) is 67.9 Å². The van der Waals surface area contributed by atoms with Crippen LogP contribution in [0.25, 0.3) is 0 Å². The molecule has 2 aromatic carbocycles. The van der Waals surface area contributed by atoms with Gasteiger partial charge in [0.2, 0.25) is 5.91 Å². The van der Waals surface area contributed by atoms with Crippen molar-refractivity contribution in [2.24, 2.45) is 0 Å². The van der Waals surface area contributed by atoms with Crippen LogP contribution in [0.1, 0.15) is 30.4 Å². The van der Waals surface area contributed by atoms with E-state index in [0.717, 1.165) is 29.6 Å². The van der Waals surface area contributed by atoms with Gasteiger partial charge in [-0.3, -0.25) is 9.69 Å². The summed E-state index contributed by atoms with van der Waals surface area (Å²) in [5, 5.41) is 3.55. The predicted octanol–water partition coefficient (Wildman–Crippen LogP) is 4.05. The first kappa shape index (κ1) is 22.9. The molecule has 0 aromatic heterocycles. The highest BCUT2D eigenvalue weighted by atomic mass is 35.5. The molecule has 2 heterocycles. The van der Waals surface area contributed by atoms with E-state index in [-0.39, 0.29) is 18.3 Å². The van der Waals surface area contributed by atoms with Crippen LogP contribution in [-0.2, 0) is 20.0 Å². The number of anilines is 1. The molecule has 0 radical (unpaired) electrons. The Hall–Kier alpha value is -2.23.